The van der Waals surface area contributed by atoms with E-state index >= 15 is 0 Å². The fraction of sp³-hybridized carbons (Fsp3) is 0.917. The van der Waals surface area contributed by atoms with Crippen molar-refractivity contribution in [2.45, 2.75) is 45.3 Å². The van der Waals surface area contributed by atoms with Gasteiger partial charge in [-0.15, -0.1) is 0 Å². The summed E-state index contributed by atoms with van der Waals surface area (Å²) in [5.41, 5.74) is 5.34. The number of carbonyl (C=O) groups excluding carboxylic acids is 1. The van der Waals surface area contributed by atoms with Crippen molar-refractivity contribution in [3.63, 3.8) is 0 Å². The normalized spacial score (nSPS) is 20.2. The third kappa shape index (κ3) is 4.52. The van der Waals surface area contributed by atoms with Gasteiger partial charge in [0, 0.05) is 19.1 Å². The second-order valence-electron chi connectivity index (χ2n) is 5.65. The van der Waals surface area contributed by atoms with E-state index in [1.807, 2.05) is 20.8 Å². The molecule has 5 heteroatoms. The maximum Gasteiger partial charge on any atom is 0.410 e. The molecule has 0 saturated carbocycles. The summed E-state index contributed by atoms with van der Waals surface area (Å²) >= 11 is 0. The Labute approximate surface area is 103 Å². The highest BCUT2D eigenvalue weighted by molar-refractivity contribution is 5.68. The average Bonchev–Trinajstić information content (AvgIpc) is 2.26. The number of nitrogens with zero attached hydrogens (tertiary/aromatic N) is 1. The predicted octanol–water partition coefficient (Wildman–Crippen LogP) is 0.953. The maximum absolute atomic E-state index is 11.8. The van der Waals surface area contributed by atoms with Crippen molar-refractivity contribution < 1.29 is 14.6 Å². The molecule has 0 aromatic rings. The molecule has 0 bridgehead atoms. The van der Waals surface area contributed by atoms with Crippen LogP contribution in [-0.2, 0) is 4.74 Å². The number of ether oxygens (including phenoxy) is 1. The molecule has 1 heterocycles. The summed E-state index contributed by atoms with van der Waals surface area (Å²) in [4.78, 5) is 13.5. The molecule has 1 fully saturated rings. The van der Waals surface area contributed by atoms with Crippen molar-refractivity contribution in [2.75, 3.05) is 19.7 Å². The van der Waals surface area contributed by atoms with Crippen LogP contribution in [-0.4, -0.2) is 47.4 Å². The Morgan fingerprint density at radius 1 is 1.47 bits per heavy atom. The van der Waals surface area contributed by atoms with Crippen LogP contribution >= 0.6 is 0 Å². The van der Waals surface area contributed by atoms with Gasteiger partial charge in [0.1, 0.15) is 5.60 Å². The molecular formula is C12H24N2O3. The van der Waals surface area contributed by atoms with Crippen molar-refractivity contribution in [1.29, 1.82) is 0 Å². The molecule has 1 rings (SSSR count). The van der Waals surface area contributed by atoms with E-state index in [4.69, 9.17) is 15.6 Å². The van der Waals surface area contributed by atoms with Crippen molar-refractivity contribution in [2.24, 2.45) is 11.7 Å². The zero-order chi connectivity index (χ0) is 13.1. The van der Waals surface area contributed by atoms with Crippen LogP contribution in [0.25, 0.3) is 0 Å². The topological polar surface area (TPSA) is 75.8 Å². The monoisotopic (exact) mass is 244 g/mol. The van der Waals surface area contributed by atoms with E-state index < -0.39 is 5.60 Å². The first-order chi connectivity index (χ1) is 7.83. The quantitative estimate of drug-likeness (QED) is 0.758. The number of hydrogen-bond donors (Lipinski definition) is 2. The minimum absolute atomic E-state index is 0.0110. The second-order valence-corrected chi connectivity index (χ2v) is 5.65. The molecule has 0 spiro atoms. The van der Waals surface area contributed by atoms with E-state index in [1.54, 1.807) is 4.90 Å². The first-order valence-corrected chi connectivity index (χ1v) is 6.18. The number of amides is 1. The van der Waals surface area contributed by atoms with Gasteiger partial charge in [-0.05, 0) is 39.5 Å². The lowest BCUT2D eigenvalue weighted by molar-refractivity contribution is 0.0166. The second kappa shape index (κ2) is 5.69. The van der Waals surface area contributed by atoms with E-state index in [9.17, 15) is 4.79 Å². The molecule has 5 nitrogen and oxygen atoms in total. The number of aliphatic hydroxyl groups excluding tert-OH is 1. The summed E-state index contributed by atoms with van der Waals surface area (Å²) in [6.45, 7) is 6.91. The largest absolute Gasteiger partial charge is 0.444 e. The lowest BCUT2D eigenvalue weighted by Crippen LogP contribution is -2.46. The van der Waals surface area contributed by atoms with E-state index in [0.717, 1.165) is 12.8 Å². The number of likely N-dealkylation sites (tertiary alicyclic amines) is 1. The third-order valence-electron chi connectivity index (χ3n) is 3.01. The Balaban J connectivity index is 2.39. The molecule has 1 amide bonds. The number of hydrogen-bond acceptors (Lipinski definition) is 4. The highest BCUT2D eigenvalue weighted by atomic mass is 16.6. The lowest BCUT2D eigenvalue weighted by atomic mass is 9.90. The molecule has 0 radical (unpaired) electrons. The number of piperidine rings is 1. The van der Waals surface area contributed by atoms with Crippen LogP contribution in [0.3, 0.4) is 0 Å². The van der Waals surface area contributed by atoms with Crippen LogP contribution in [0, 0.1) is 5.92 Å². The lowest BCUT2D eigenvalue weighted by Gasteiger charge is -2.35. The first-order valence-electron chi connectivity index (χ1n) is 6.18. The van der Waals surface area contributed by atoms with Gasteiger partial charge in [-0.1, -0.05) is 0 Å². The van der Waals surface area contributed by atoms with Crippen molar-refractivity contribution in [1.82, 2.24) is 4.90 Å². The minimum Gasteiger partial charge on any atom is -0.444 e. The molecule has 0 aromatic heterocycles. The molecule has 17 heavy (non-hydrogen) atoms. The maximum atomic E-state index is 11.8. The van der Waals surface area contributed by atoms with Gasteiger partial charge < -0.3 is 20.5 Å². The number of carbonyl (C=O) groups is 1. The minimum atomic E-state index is -0.449. The SMILES string of the molecule is CC(C)(C)OC(=O)N1CCC([C@@H](N)CO)CC1. The fourth-order valence-electron chi connectivity index (χ4n) is 1.99. The van der Waals surface area contributed by atoms with Gasteiger partial charge >= 0.3 is 6.09 Å². The Morgan fingerprint density at radius 2 is 2.00 bits per heavy atom. The number of nitrogens with two attached hydrogens (primary N) is 1. The summed E-state index contributed by atoms with van der Waals surface area (Å²) in [7, 11) is 0. The highest BCUT2D eigenvalue weighted by Gasteiger charge is 2.28. The Bertz CT molecular complexity index is 255. The van der Waals surface area contributed by atoms with Crippen LogP contribution in [0.5, 0.6) is 0 Å². The molecule has 1 atom stereocenters. The Kier molecular flexibility index (Phi) is 4.77. The molecule has 1 saturated heterocycles. The van der Waals surface area contributed by atoms with Gasteiger partial charge in [0.05, 0.1) is 6.61 Å². The molecule has 0 aliphatic carbocycles. The molecule has 1 aliphatic rings. The zero-order valence-electron chi connectivity index (χ0n) is 11.0. The van der Waals surface area contributed by atoms with Crippen molar-refractivity contribution >= 4 is 6.09 Å². The van der Waals surface area contributed by atoms with E-state index in [0.29, 0.717) is 19.0 Å². The van der Waals surface area contributed by atoms with Crippen LogP contribution in [0.1, 0.15) is 33.6 Å². The standard InChI is InChI=1S/C12H24N2O3/c1-12(2,3)17-11(16)14-6-4-9(5-7-14)10(13)8-15/h9-10,15H,4-8,13H2,1-3H3/t10-/m0/s1. The van der Waals surface area contributed by atoms with Crippen molar-refractivity contribution in [3.05, 3.63) is 0 Å². The van der Waals surface area contributed by atoms with Crippen LogP contribution in [0.2, 0.25) is 0 Å². The Morgan fingerprint density at radius 3 is 2.41 bits per heavy atom. The summed E-state index contributed by atoms with van der Waals surface area (Å²) in [6, 6.07) is -0.171. The predicted molar refractivity (Wildman–Crippen MR) is 65.6 cm³/mol. The van der Waals surface area contributed by atoms with E-state index in [1.165, 1.54) is 0 Å². The fourth-order valence-corrected chi connectivity index (χ4v) is 1.99. The van der Waals surface area contributed by atoms with Gasteiger partial charge in [0.2, 0.25) is 0 Å². The molecule has 0 aromatic carbocycles. The summed E-state index contributed by atoms with van der Waals surface area (Å²) in [5, 5.41) is 8.98. The van der Waals surface area contributed by atoms with Crippen LogP contribution in [0.15, 0.2) is 0 Å². The summed E-state index contributed by atoms with van der Waals surface area (Å²) in [6.07, 6.45) is 1.41. The number of rotatable bonds is 2. The van der Waals surface area contributed by atoms with Crippen LogP contribution < -0.4 is 5.73 Å². The van der Waals surface area contributed by atoms with Gasteiger partial charge in [-0.2, -0.15) is 0 Å². The number of aliphatic hydroxyl groups is 1. The van der Waals surface area contributed by atoms with Gasteiger partial charge in [-0.3, -0.25) is 0 Å². The average molecular weight is 244 g/mol. The van der Waals surface area contributed by atoms with E-state index in [2.05, 4.69) is 0 Å². The smallest absolute Gasteiger partial charge is 0.410 e. The van der Waals surface area contributed by atoms with E-state index in [-0.39, 0.29) is 18.7 Å². The highest BCUT2D eigenvalue weighted by Crippen LogP contribution is 2.21. The molecule has 100 valence electrons. The molecule has 3 N–H and O–H groups in total. The van der Waals surface area contributed by atoms with Gasteiger partial charge in [-0.25, -0.2) is 4.79 Å². The Hall–Kier alpha value is -0.810. The van der Waals surface area contributed by atoms with Crippen molar-refractivity contribution in [3.8, 4) is 0 Å². The summed E-state index contributed by atoms with van der Waals surface area (Å²) in [5.74, 6) is 0.304. The van der Waals surface area contributed by atoms with Gasteiger partial charge in [0.15, 0.2) is 0 Å². The summed E-state index contributed by atoms with van der Waals surface area (Å²) < 4.78 is 5.31. The molecule has 1 aliphatic heterocycles. The molecule has 0 unspecified atom stereocenters. The molecular weight excluding hydrogens is 220 g/mol. The van der Waals surface area contributed by atoms with Crippen LogP contribution in [0.4, 0.5) is 4.79 Å². The van der Waals surface area contributed by atoms with Gasteiger partial charge in [0.25, 0.3) is 0 Å². The zero-order valence-corrected chi connectivity index (χ0v) is 11.0. The third-order valence-corrected chi connectivity index (χ3v) is 3.01. The first kappa shape index (κ1) is 14.3.